The van der Waals surface area contributed by atoms with Crippen LogP contribution in [0.15, 0.2) is 42.5 Å². The third kappa shape index (κ3) is 4.44. The number of nitrogens with one attached hydrogen (secondary N) is 1. The highest BCUT2D eigenvalue weighted by Crippen LogP contribution is 2.22. The van der Waals surface area contributed by atoms with E-state index in [1.807, 2.05) is 45.0 Å². The van der Waals surface area contributed by atoms with Gasteiger partial charge >= 0.3 is 5.97 Å². The molecule has 2 rings (SSSR count). The van der Waals surface area contributed by atoms with Gasteiger partial charge in [-0.25, -0.2) is 4.79 Å². The number of anilines is 1. The maximum Gasteiger partial charge on any atom is 0.338 e. The Labute approximate surface area is 142 Å². The summed E-state index contributed by atoms with van der Waals surface area (Å²) in [6.07, 6.45) is 1.65. The van der Waals surface area contributed by atoms with Crippen LogP contribution < -0.4 is 5.32 Å². The zero-order valence-corrected chi connectivity index (χ0v) is 14.4. The third-order valence-corrected chi connectivity index (χ3v) is 3.85. The largest absolute Gasteiger partial charge is 0.452 e. The molecular weight excluding hydrogens is 302 g/mol. The van der Waals surface area contributed by atoms with Crippen molar-refractivity contribution in [2.24, 2.45) is 0 Å². The number of hydrogen-bond donors (Lipinski definition) is 1. The molecule has 0 bridgehead atoms. The van der Waals surface area contributed by atoms with Crippen molar-refractivity contribution in [3.05, 3.63) is 64.7 Å². The van der Waals surface area contributed by atoms with Crippen molar-refractivity contribution in [2.45, 2.75) is 33.6 Å². The number of carbonyl (C=O) groups excluding carboxylic acids is 2. The molecule has 0 saturated carbocycles. The molecule has 126 valence electrons. The lowest BCUT2D eigenvalue weighted by Crippen LogP contribution is -2.22. The SMILES string of the molecule is CCc1cccc(CC)c1NC(=O)COC(=O)c1cccc(C)c1. The summed E-state index contributed by atoms with van der Waals surface area (Å²) in [5.74, 6) is -0.819. The Morgan fingerprint density at radius 2 is 1.62 bits per heavy atom. The third-order valence-electron chi connectivity index (χ3n) is 3.85. The molecule has 4 heteroatoms. The number of benzene rings is 2. The van der Waals surface area contributed by atoms with E-state index in [-0.39, 0.29) is 12.5 Å². The highest BCUT2D eigenvalue weighted by Gasteiger charge is 2.13. The van der Waals surface area contributed by atoms with Crippen molar-refractivity contribution in [1.29, 1.82) is 0 Å². The maximum atomic E-state index is 12.2. The van der Waals surface area contributed by atoms with Gasteiger partial charge in [-0.15, -0.1) is 0 Å². The summed E-state index contributed by atoms with van der Waals surface area (Å²) in [7, 11) is 0. The second kappa shape index (κ2) is 8.29. The Morgan fingerprint density at radius 1 is 1.00 bits per heavy atom. The number of aryl methyl sites for hydroxylation is 3. The molecule has 0 aromatic heterocycles. The first-order chi connectivity index (χ1) is 11.5. The number of rotatable bonds is 6. The van der Waals surface area contributed by atoms with Crippen molar-refractivity contribution in [3.8, 4) is 0 Å². The van der Waals surface area contributed by atoms with Gasteiger partial charge in [0, 0.05) is 5.69 Å². The first kappa shape index (κ1) is 17.7. The van der Waals surface area contributed by atoms with Gasteiger partial charge in [0.1, 0.15) is 0 Å². The molecule has 0 radical (unpaired) electrons. The van der Waals surface area contributed by atoms with Crippen molar-refractivity contribution < 1.29 is 14.3 Å². The minimum atomic E-state index is -0.492. The van der Waals surface area contributed by atoms with Crippen LogP contribution in [-0.4, -0.2) is 18.5 Å². The van der Waals surface area contributed by atoms with Crippen LogP contribution in [0.25, 0.3) is 0 Å². The number of hydrogen-bond acceptors (Lipinski definition) is 3. The van der Waals surface area contributed by atoms with E-state index < -0.39 is 5.97 Å². The van der Waals surface area contributed by atoms with Gasteiger partial charge in [0.15, 0.2) is 6.61 Å². The van der Waals surface area contributed by atoms with Crippen LogP contribution in [0, 0.1) is 6.92 Å². The van der Waals surface area contributed by atoms with Gasteiger partial charge in [-0.3, -0.25) is 4.79 Å². The number of ether oxygens (including phenoxy) is 1. The molecule has 0 saturated heterocycles. The molecule has 0 spiro atoms. The second-order valence-electron chi connectivity index (χ2n) is 5.65. The van der Waals surface area contributed by atoms with Crippen LogP contribution in [-0.2, 0) is 22.4 Å². The maximum absolute atomic E-state index is 12.2. The number of para-hydroxylation sites is 1. The van der Waals surface area contributed by atoms with Gasteiger partial charge < -0.3 is 10.1 Å². The van der Waals surface area contributed by atoms with Crippen LogP contribution in [0.3, 0.4) is 0 Å². The summed E-state index contributed by atoms with van der Waals surface area (Å²) >= 11 is 0. The Kier molecular flexibility index (Phi) is 6.13. The Morgan fingerprint density at radius 3 is 2.21 bits per heavy atom. The topological polar surface area (TPSA) is 55.4 Å². The molecule has 0 heterocycles. The molecule has 0 unspecified atom stereocenters. The molecule has 2 aromatic carbocycles. The van der Waals surface area contributed by atoms with E-state index in [9.17, 15) is 9.59 Å². The number of carbonyl (C=O) groups is 2. The van der Waals surface area contributed by atoms with E-state index in [1.54, 1.807) is 18.2 Å². The summed E-state index contributed by atoms with van der Waals surface area (Å²) in [5, 5.41) is 2.88. The van der Waals surface area contributed by atoms with Crippen molar-refractivity contribution >= 4 is 17.6 Å². The average molecular weight is 325 g/mol. The fraction of sp³-hybridized carbons (Fsp3) is 0.300. The first-order valence-electron chi connectivity index (χ1n) is 8.19. The van der Waals surface area contributed by atoms with Crippen LogP contribution in [0.4, 0.5) is 5.69 Å². The van der Waals surface area contributed by atoms with Gasteiger partial charge in [-0.2, -0.15) is 0 Å². The van der Waals surface area contributed by atoms with E-state index >= 15 is 0 Å². The van der Waals surface area contributed by atoms with E-state index in [1.165, 1.54) is 0 Å². The molecule has 0 aliphatic rings. The summed E-state index contributed by atoms with van der Waals surface area (Å²) in [6, 6.07) is 13.1. The molecule has 0 atom stereocenters. The molecule has 0 fully saturated rings. The summed E-state index contributed by atoms with van der Waals surface area (Å²) in [4.78, 5) is 24.2. The number of esters is 1. The lowest BCUT2D eigenvalue weighted by Gasteiger charge is -2.14. The molecule has 4 nitrogen and oxygen atoms in total. The molecule has 0 aliphatic carbocycles. The normalized spacial score (nSPS) is 10.3. The van der Waals surface area contributed by atoms with Gasteiger partial charge in [0.25, 0.3) is 5.91 Å². The Balaban J connectivity index is 2.00. The van der Waals surface area contributed by atoms with Gasteiger partial charge in [0.05, 0.1) is 5.56 Å². The minimum Gasteiger partial charge on any atom is -0.452 e. The van der Waals surface area contributed by atoms with Crippen LogP contribution >= 0.6 is 0 Å². The van der Waals surface area contributed by atoms with E-state index in [0.717, 1.165) is 35.2 Å². The zero-order valence-electron chi connectivity index (χ0n) is 14.4. The fourth-order valence-corrected chi connectivity index (χ4v) is 2.57. The summed E-state index contributed by atoms with van der Waals surface area (Å²) in [5.41, 5.74) is 4.41. The molecule has 2 aromatic rings. The predicted octanol–water partition coefficient (Wildman–Crippen LogP) is 3.92. The van der Waals surface area contributed by atoms with Gasteiger partial charge in [-0.1, -0.05) is 49.7 Å². The highest BCUT2D eigenvalue weighted by molar-refractivity contribution is 5.96. The molecule has 1 amide bonds. The average Bonchev–Trinajstić information content (AvgIpc) is 2.59. The standard InChI is InChI=1S/C20H23NO3/c1-4-15-9-7-10-16(5-2)19(15)21-18(22)13-24-20(23)17-11-6-8-14(3)12-17/h6-12H,4-5,13H2,1-3H3,(H,21,22). The van der Waals surface area contributed by atoms with Gasteiger partial charge in [-0.05, 0) is 43.0 Å². The lowest BCUT2D eigenvalue weighted by atomic mass is 10.0. The molecule has 24 heavy (non-hydrogen) atoms. The van der Waals surface area contributed by atoms with Crippen molar-refractivity contribution in [3.63, 3.8) is 0 Å². The Bertz CT molecular complexity index is 715. The summed E-state index contributed by atoms with van der Waals surface area (Å²) in [6.45, 7) is 5.69. The summed E-state index contributed by atoms with van der Waals surface area (Å²) < 4.78 is 5.11. The van der Waals surface area contributed by atoms with Crippen LogP contribution in [0.5, 0.6) is 0 Å². The van der Waals surface area contributed by atoms with E-state index in [2.05, 4.69) is 5.32 Å². The second-order valence-corrected chi connectivity index (χ2v) is 5.65. The zero-order chi connectivity index (χ0) is 17.5. The van der Waals surface area contributed by atoms with Gasteiger partial charge in [0.2, 0.25) is 0 Å². The fourth-order valence-electron chi connectivity index (χ4n) is 2.57. The van der Waals surface area contributed by atoms with Crippen molar-refractivity contribution in [2.75, 3.05) is 11.9 Å². The predicted molar refractivity (Wildman–Crippen MR) is 95.3 cm³/mol. The Hall–Kier alpha value is -2.62. The van der Waals surface area contributed by atoms with Crippen molar-refractivity contribution in [1.82, 2.24) is 0 Å². The number of amides is 1. The smallest absolute Gasteiger partial charge is 0.338 e. The first-order valence-corrected chi connectivity index (χ1v) is 8.19. The van der Waals surface area contributed by atoms with Crippen LogP contribution in [0.1, 0.15) is 40.9 Å². The lowest BCUT2D eigenvalue weighted by molar-refractivity contribution is -0.119. The van der Waals surface area contributed by atoms with E-state index in [0.29, 0.717) is 5.56 Å². The van der Waals surface area contributed by atoms with Crippen LogP contribution in [0.2, 0.25) is 0 Å². The van der Waals surface area contributed by atoms with E-state index in [4.69, 9.17) is 4.74 Å². The minimum absolute atomic E-state index is 0.298. The molecular formula is C20H23NO3. The molecule has 1 N–H and O–H groups in total. The quantitative estimate of drug-likeness (QED) is 0.819. The highest BCUT2D eigenvalue weighted by atomic mass is 16.5. The monoisotopic (exact) mass is 325 g/mol. The molecule has 0 aliphatic heterocycles.